The van der Waals surface area contributed by atoms with Crippen LogP contribution >= 0.6 is 0 Å². The SMILES string of the molecule is N#Cc1ccc(OCCCCCOc2ccc(C#N)cc2OCCCCCOc2ccc(C#N)cc2)cc1. The Morgan fingerprint density at radius 1 is 0.421 bits per heavy atom. The molecule has 0 amide bonds. The Morgan fingerprint density at radius 3 is 1.26 bits per heavy atom. The molecule has 7 heteroatoms. The van der Waals surface area contributed by atoms with Crippen molar-refractivity contribution < 1.29 is 18.9 Å². The van der Waals surface area contributed by atoms with Crippen LogP contribution < -0.4 is 18.9 Å². The van der Waals surface area contributed by atoms with Gasteiger partial charge in [-0.25, -0.2) is 0 Å². The van der Waals surface area contributed by atoms with E-state index in [2.05, 4.69) is 18.2 Å². The lowest BCUT2D eigenvalue weighted by atomic mass is 10.2. The first-order valence-electron chi connectivity index (χ1n) is 12.8. The third-order valence-electron chi connectivity index (χ3n) is 5.67. The minimum absolute atomic E-state index is 0.523. The number of nitrogens with zero attached hydrogens (tertiary/aromatic N) is 3. The summed E-state index contributed by atoms with van der Waals surface area (Å²) in [5, 5.41) is 26.9. The fraction of sp³-hybridized carbons (Fsp3) is 0.323. The third kappa shape index (κ3) is 9.76. The molecule has 0 aliphatic carbocycles. The van der Waals surface area contributed by atoms with Gasteiger partial charge in [-0.3, -0.25) is 0 Å². The van der Waals surface area contributed by atoms with Crippen molar-refractivity contribution in [2.24, 2.45) is 0 Å². The number of hydrogen-bond acceptors (Lipinski definition) is 7. The molecular formula is C31H31N3O4. The maximum absolute atomic E-state index is 9.25. The lowest BCUT2D eigenvalue weighted by Gasteiger charge is -2.13. The number of unbranched alkanes of at least 4 members (excludes halogenated alkanes) is 4. The third-order valence-corrected chi connectivity index (χ3v) is 5.67. The zero-order valence-electron chi connectivity index (χ0n) is 21.4. The van der Waals surface area contributed by atoms with E-state index >= 15 is 0 Å². The summed E-state index contributed by atoms with van der Waals surface area (Å²) in [6.07, 6.45) is 5.40. The van der Waals surface area contributed by atoms with Crippen LogP contribution in [-0.2, 0) is 0 Å². The molecule has 0 aliphatic heterocycles. The molecule has 0 bridgehead atoms. The first kappa shape index (κ1) is 27.9. The van der Waals surface area contributed by atoms with Crippen LogP contribution in [0.4, 0.5) is 0 Å². The van der Waals surface area contributed by atoms with Crippen LogP contribution in [0.25, 0.3) is 0 Å². The van der Waals surface area contributed by atoms with Crippen LogP contribution in [0.1, 0.15) is 55.2 Å². The Labute approximate surface area is 224 Å². The van der Waals surface area contributed by atoms with Crippen LogP contribution in [-0.4, -0.2) is 26.4 Å². The van der Waals surface area contributed by atoms with Crippen molar-refractivity contribution in [3.05, 3.63) is 83.4 Å². The molecule has 3 aromatic carbocycles. The lowest BCUT2D eigenvalue weighted by molar-refractivity contribution is 0.249. The van der Waals surface area contributed by atoms with Gasteiger partial charge in [0.2, 0.25) is 0 Å². The molecule has 0 N–H and O–H groups in total. The second kappa shape index (κ2) is 16.1. The molecule has 0 fully saturated rings. The fourth-order valence-electron chi connectivity index (χ4n) is 3.57. The molecular weight excluding hydrogens is 478 g/mol. The predicted octanol–water partition coefficient (Wildman–Crippen LogP) is 6.56. The van der Waals surface area contributed by atoms with Crippen molar-refractivity contribution in [3.63, 3.8) is 0 Å². The summed E-state index contributed by atoms with van der Waals surface area (Å²) < 4.78 is 23.3. The Hall–Kier alpha value is -4.67. The highest BCUT2D eigenvalue weighted by atomic mass is 16.5. The fourth-order valence-corrected chi connectivity index (χ4v) is 3.57. The standard InChI is InChI=1S/C31H31N3O4/c32-22-25-7-12-28(13-8-25)35-17-3-1-5-19-37-30-16-11-27(24-34)21-31(30)38-20-6-2-4-18-36-29-14-9-26(23-33)10-15-29/h7-16,21H,1-6,17-20H2. The molecule has 3 aromatic rings. The minimum atomic E-state index is 0.523. The van der Waals surface area contributed by atoms with Gasteiger partial charge in [0.05, 0.1) is 61.3 Å². The van der Waals surface area contributed by atoms with Gasteiger partial charge < -0.3 is 18.9 Å². The van der Waals surface area contributed by atoms with E-state index < -0.39 is 0 Å². The van der Waals surface area contributed by atoms with Crippen LogP contribution in [0.5, 0.6) is 23.0 Å². The van der Waals surface area contributed by atoms with Crippen molar-refractivity contribution in [2.45, 2.75) is 38.5 Å². The predicted molar refractivity (Wildman–Crippen MR) is 143 cm³/mol. The van der Waals surface area contributed by atoms with Gasteiger partial charge >= 0.3 is 0 Å². The molecule has 0 radical (unpaired) electrons. The smallest absolute Gasteiger partial charge is 0.162 e. The molecule has 38 heavy (non-hydrogen) atoms. The second-order valence-corrected chi connectivity index (χ2v) is 8.56. The Balaban J connectivity index is 1.30. The summed E-state index contributed by atoms with van der Waals surface area (Å²) in [6, 6.07) is 25.7. The summed E-state index contributed by atoms with van der Waals surface area (Å²) in [5.41, 5.74) is 1.76. The molecule has 3 rings (SSSR count). The molecule has 7 nitrogen and oxygen atoms in total. The van der Waals surface area contributed by atoms with Crippen LogP contribution in [0, 0.1) is 34.0 Å². The number of ether oxygens (including phenoxy) is 4. The largest absolute Gasteiger partial charge is 0.494 e. The van der Waals surface area contributed by atoms with Crippen molar-refractivity contribution in [2.75, 3.05) is 26.4 Å². The zero-order chi connectivity index (χ0) is 26.8. The van der Waals surface area contributed by atoms with E-state index in [9.17, 15) is 5.26 Å². The van der Waals surface area contributed by atoms with Crippen LogP contribution in [0.15, 0.2) is 66.7 Å². The van der Waals surface area contributed by atoms with Crippen molar-refractivity contribution in [1.29, 1.82) is 15.8 Å². The topological polar surface area (TPSA) is 108 Å². The lowest BCUT2D eigenvalue weighted by Crippen LogP contribution is -2.04. The molecule has 0 unspecified atom stereocenters. The quantitative estimate of drug-likeness (QED) is 0.201. The van der Waals surface area contributed by atoms with E-state index in [-0.39, 0.29) is 0 Å². The highest BCUT2D eigenvalue weighted by Crippen LogP contribution is 2.29. The molecule has 0 saturated heterocycles. The highest BCUT2D eigenvalue weighted by Gasteiger charge is 2.07. The van der Waals surface area contributed by atoms with E-state index in [1.165, 1.54) is 0 Å². The maximum atomic E-state index is 9.25. The normalized spacial score (nSPS) is 10.0. The van der Waals surface area contributed by atoms with E-state index in [1.54, 1.807) is 66.7 Å². The Morgan fingerprint density at radius 2 is 0.816 bits per heavy atom. The van der Waals surface area contributed by atoms with E-state index in [4.69, 9.17) is 29.5 Å². The average molecular weight is 510 g/mol. The molecule has 0 aliphatic rings. The second-order valence-electron chi connectivity index (χ2n) is 8.56. The van der Waals surface area contributed by atoms with Crippen molar-refractivity contribution >= 4 is 0 Å². The summed E-state index contributed by atoms with van der Waals surface area (Å²) in [5.74, 6) is 2.75. The number of benzene rings is 3. The van der Waals surface area contributed by atoms with Crippen molar-refractivity contribution in [1.82, 2.24) is 0 Å². The van der Waals surface area contributed by atoms with Crippen molar-refractivity contribution in [3.8, 4) is 41.2 Å². The molecule has 0 heterocycles. The summed E-state index contributed by atoms with van der Waals surface area (Å²) in [6.45, 7) is 2.28. The van der Waals surface area contributed by atoms with Gasteiger partial charge in [0.25, 0.3) is 0 Å². The first-order valence-corrected chi connectivity index (χ1v) is 12.8. The summed E-state index contributed by atoms with van der Waals surface area (Å²) >= 11 is 0. The van der Waals surface area contributed by atoms with Gasteiger partial charge in [0, 0.05) is 6.07 Å². The van der Waals surface area contributed by atoms with E-state index in [0.29, 0.717) is 54.6 Å². The Kier molecular flexibility index (Phi) is 11.9. The summed E-state index contributed by atoms with van der Waals surface area (Å²) in [7, 11) is 0. The summed E-state index contributed by atoms with van der Waals surface area (Å²) in [4.78, 5) is 0. The average Bonchev–Trinajstić information content (AvgIpc) is 2.97. The van der Waals surface area contributed by atoms with Gasteiger partial charge in [-0.1, -0.05) is 0 Å². The number of nitriles is 3. The van der Waals surface area contributed by atoms with Gasteiger partial charge in [-0.05, 0) is 99.2 Å². The zero-order valence-corrected chi connectivity index (χ0v) is 21.4. The van der Waals surface area contributed by atoms with Crippen LogP contribution in [0.3, 0.4) is 0 Å². The van der Waals surface area contributed by atoms with Gasteiger partial charge in [0.15, 0.2) is 11.5 Å². The molecule has 0 atom stereocenters. The van der Waals surface area contributed by atoms with Gasteiger partial charge in [0.1, 0.15) is 11.5 Å². The van der Waals surface area contributed by atoms with E-state index in [0.717, 1.165) is 50.0 Å². The maximum Gasteiger partial charge on any atom is 0.162 e. The monoisotopic (exact) mass is 509 g/mol. The van der Waals surface area contributed by atoms with Crippen LogP contribution in [0.2, 0.25) is 0 Å². The first-order chi connectivity index (χ1) is 18.7. The molecule has 0 aromatic heterocycles. The molecule has 0 saturated carbocycles. The van der Waals surface area contributed by atoms with Gasteiger partial charge in [-0.15, -0.1) is 0 Å². The molecule has 194 valence electrons. The molecule has 0 spiro atoms. The Bertz CT molecular complexity index is 1250. The minimum Gasteiger partial charge on any atom is -0.494 e. The van der Waals surface area contributed by atoms with Gasteiger partial charge in [-0.2, -0.15) is 15.8 Å². The number of hydrogen-bond donors (Lipinski definition) is 0. The number of rotatable bonds is 16. The van der Waals surface area contributed by atoms with E-state index in [1.807, 2.05) is 0 Å². The highest BCUT2D eigenvalue weighted by molar-refractivity contribution is 5.46.